The number of esters is 2. The zero-order valence-electron chi connectivity index (χ0n) is 41.4. The van der Waals surface area contributed by atoms with E-state index in [1.54, 1.807) is 0 Å². The van der Waals surface area contributed by atoms with Crippen LogP contribution in [0.15, 0.2) is 60.8 Å². The van der Waals surface area contributed by atoms with Crippen molar-refractivity contribution in [2.24, 2.45) is 0 Å². The molecule has 0 amide bonds. The molecule has 0 spiro atoms. The molecule has 0 saturated heterocycles. The first-order chi connectivity index (χ1) is 30.6. The van der Waals surface area contributed by atoms with Gasteiger partial charge in [0.05, 0.1) is 6.61 Å². The Balaban J connectivity index is 4.30. The summed E-state index contributed by atoms with van der Waals surface area (Å²) >= 11 is 0. The third-order valence-electron chi connectivity index (χ3n) is 11.5. The molecule has 0 N–H and O–H groups in total. The third-order valence-corrected chi connectivity index (χ3v) is 11.5. The highest BCUT2D eigenvalue weighted by Crippen LogP contribution is 2.15. The van der Waals surface area contributed by atoms with Gasteiger partial charge in [0.25, 0.3) is 0 Å². The van der Waals surface area contributed by atoms with Gasteiger partial charge in [0, 0.05) is 19.4 Å². The predicted molar refractivity (Wildman–Crippen MR) is 270 cm³/mol. The molecule has 0 aliphatic rings. The maximum absolute atomic E-state index is 12.8. The first-order valence-corrected chi connectivity index (χ1v) is 26.8. The summed E-state index contributed by atoms with van der Waals surface area (Å²) in [6, 6.07) is 0. The monoisotopic (exact) mass is 867 g/mol. The lowest BCUT2D eigenvalue weighted by Crippen LogP contribution is -2.30. The Hall–Kier alpha value is -2.40. The summed E-state index contributed by atoms with van der Waals surface area (Å²) in [4.78, 5) is 25.4. The van der Waals surface area contributed by atoms with Gasteiger partial charge in [-0.3, -0.25) is 9.59 Å². The Labute approximate surface area is 385 Å². The molecule has 0 aliphatic heterocycles. The van der Waals surface area contributed by atoms with E-state index in [9.17, 15) is 9.59 Å². The first kappa shape index (κ1) is 59.6. The van der Waals surface area contributed by atoms with Gasteiger partial charge < -0.3 is 14.2 Å². The molecular weight excluding hydrogens is 765 g/mol. The van der Waals surface area contributed by atoms with Crippen molar-refractivity contribution >= 4 is 11.9 Å². The first-order valence-electron chi connectivity index (χ1n) is 26.8. The van der Waals surface area contributed by atoms with Gasteiger partial charge in [0.1, 0.15) is 6.61 Å². The number of unbranched alkanes of at least 4 members (excludes halogenated alkanes) is 28. The lowest BCUT2D eigenvalue weighted by Gasteiger charge is -2.18. The Morgan fingerprint density at radius 2 is 0.726 bits per heavy atom. The molecule has 360 valence electrons. The molecule has 0 saturated carbocycles. The minimum atomic E-state index is -0.548. The minimum Gasteiger partial charge on any atom is -0.462 e. The molecule has 0 heterocycles. The summed E-state index contributed by atoms with van der Waals surface area (Å²) in [5.41, 5.74) is 0. The van der Waals surface area contributed by atoms with Gasteiger partial charge in [0.15, 0.2) is 6.10 Å². The number of hydrogen-bond acceptors (Lipinski definition) is 5. The van der Waals surface area contributed by atoms with Gasteiger partial charge in [-0.1, -0.05) is 229 Å². The molecule has 0 aromatic rings. The van der Waals surface area contributed by atoms with Crippen LogP contribution in [0.3, 0.4) is 0 Å². The Morgan fingerprint density at radius 3 is 1.19 bits per heavy atom. The third kappa shape index (κ3) is 50.2. The fourth-order valence-electron chi connectivity index (χ4n) is 7.56. The second kappa shape index (κ2) is 52.9. The minimum absolute atomic E-state index is 0.0719. The number of carbonyl (C=O) groups is 2. The van der Waals surface area contributed by atoms with Crippen LogP contribution in [0.1, 0.15) is 265 Å². The molecule has 0 bridgehead atoms. The van der Waals surface area contributed by atoms with Gasteiger partial charge in [-0.2, -0.15) is 0 Å². The summed E-state index contributed by atoms with van der Waals surface area (Å²) in [6.45, 7) is 7.70. The van der Waals surface area contributed by atoms with Crippen molar-refractivity contribution in [3.8, 4) is 0 Å². The van der Waals surface area contributed by atoms with Crippen molar-refractivity contribution in [3.05, 3.63) is 60.8 Å². The van der Waals surface area contributed by atoms with Crippen molar-refractivity contribution in [1.82, 2.24) is 0 Å². The van der Waals surface area contributed by atoms with Crippen molar-refractivity contribution in [2.45, 2.75) is 271 Å². The number of rotatable bonds is 49. The van der Waals surface area contributed by atoms with E-state index in [1.807, 2.05) is 0 Å². The van der Waals surface area contributed by atoms with E-state index >= 15 is 0 Å². The van der Waals surface area contributed by atoms with E-state index in [0.717, 1.165) is 83.5 Å². The highest BCUT2D eigenvalue weighted by Gasteiger charge is 2.17. The van der Waals surface area contributed by atoms with Crippen LogP contribution in [0.2, 0.25) is 0 Å². The van der Waals surface area contributed by atoms with E-state index in [-0.39, 0.29) is 25.2 Å². The van der Waals surface area contributed by atoms with Gasteiger partial charge in [-0.25, -0.2) is 0 Å². The zero-order chi connectivity index (χ0) is 44.9. The second-order valence-electron chi connectivity index (χ2n) is 17.8. The molecule has 1 unspecified atom stereocenters. The SMILES string of the molecule is CC/C=C\C/C=C\C/C=C\C/C=C\CCCCCCC(=O)OCC(COCCCCCCCC/C=C\CCCCCC)OC(=O)CCCCCCCCCCCCCCCCC. The predicted octanol–water partition coefficient (Wildman–Crippen LogP) is 18.1. The van der Waals surface area contributed by atoms with Crippen LogP contribution in [0.25, 0.3) is 0 Å². The van der Waals surface area contributed by atoms with Crippen molar-refractivity contribution in [3.63, 3.8) is 0 Å². The molecule has 1 atom stereocenters. The fourth-order valence-corrected chi connectivity index (χ4v) is 7.56. The topological polar surface area (TPSA) is 61.8 Å². The summed E-state index contributed by atoms with van der Waals surface area (Å²) in [5, 5.41) is 0. The maximum Gasteiger partial charge on any atom is 0.306 e. The van der Waals surface area contributed by atoms with Crippen LogP contribution in [-0.4, -0.2) is 37.9 Å². The summed E-state index contributed by atoms with van der Waals surface area (Å²) in [7, 11) is 0. The van der Waals surface area contributed by atoms with Crippen LogP contribution >= 0.6 is 0 Å². The molecule has 5 nitrogen and oxygen atoms in total. The number of hydrogen-bond donors (Lipinski definition) is 0. The van der Waals surface area contributed by atoms with Crippen LogP contribution in [0, 0.1) is 0 Å². The highest BCUT2D eigenvalue weighted by atomic mass is 16.6. The lowest BCUT2D eigenvalue weighted by atomic mass is 10.0. The van der Waals surface area contributed by atoms with E-state index in [4.69, 9.17) is 14.2 Å². The van der Waals surface area contributed by atoms with Crippen molar-refractivity contribution in [2.75, 3.05) is 19.8 Å². The van der Waals surface area contributed by atoms with Crippen LogP contribution in [0.4, 0.5) is 0 Å². The highest BCUT2D eigenvalue weighted by molar-refractivity contribution is 5.70. The maximum atomic E-state index is 12.8. The molecule has 0 aliphatic carbocycles. The summed E-state index contributed by atoms with van der Waals surface area (Å²) in [6.07, 6.45) is 66.5. The van der Waals surface area contributed by atoms with Gasteiger partial charge in [-0.15, -0.1) is 0 Å². The number of carbonyl (C=O) groups excluding carboxylic acids is 2. The van der Waals surface area contributed by atoms with Crippen molar-refractivity contribution < 1.29 is 23.8 Å². The van der Waals surface area contributed by atoms with Gasteiger partial charge in [-0.05, 0) is 83.5 Å². The largest absolute Gasteiger partial charge is 0.462 e. The molecule has 62 heavy (non-hydrogen) atoms. The summed E-state index contributed by atoms with van der Waals surface area (Å²) < 4.78 is 17.4. The normalized spacial score (nSPS) is 12.6. The number of ether oxygens (including phenoxy) is 3. The smallest absolute Gasteiger partial charge is 0.306 e. The summed E-state index contributed by atoms with van der Waals surface area (Å²) in [5.74, 6) is -0.418. The quantitative estimate of drug-likeness (QED) is 0.0346. The van der Waals surface area contributed by atoms with Crippen molar-refractivity contribution in [1.29, 1.82) is 0 Å². The molecule has 0 fully saturated rings. The van der Waals surface area contributed by atoms with Crippen LogP contribution in [-0.2, 0) is 23.8 Å². The molecule has 0 aromatic heterocycles. The second-order valence-corrected chi connectivity index (χ2v) is 17.8. The van der Waals surface area contributed by atoms with E-state index in [2.05, 4.69) is 81.5 Å². The molecule has 0 aromatic carbocycles. The Morgan fingerprint density at radius 1 is 0.371 bits per heavy atom. The van der Waals surface area contributed by atoms with Crippen LogP contribution < -0.4 is 0 Å². The van der Waals surface area contributed by atoms with Gasteiger partial charge >= 0.3 is 11.9 Å². The molecule has 0 radical (unpaired) electrons. The average Bonchev–Trinajstić information content (AvgIpc) is 3.27. The lowest BCUT2D eigenvalue weighted by molar-refractivity contribution is -0.163. The number of allylic oxidation sites excluding steroid dienone is 10. The fraction of sp³-hybridized carbons (Fsp3) is 0.789. The van der Waals surface area contributed by atoms with E-state index in [0.29, 0.717) is 19.4 Å². The Kier molecular flexibility index (Phi) is 50.9. The molecule has 0 rings (SSSR count). The Bertz CT molecular complexity index is 1070. The molecular formula is C57H102O5. The van der Waals surface area contributed by atoms with Crippen LogP contribution in [0.5, 0.6) is 0 Å². The zero-order valence-corrected chi connectivity index (χ0v) is 41.4. The van der Waals surface area contributed by atoms with Gasteiger partial charge in [0.2, 0.25) is 0 Å². The molecule has 5 heteroatoms. The van der Waals surface area contributed by atoms with E-state index < -0.39 is 6.10 Å². The van der Waals surface area contributed by atoms with E-state index in [1.165, 1.54) is 148 Å². The standard InChI is InChI=1S/C57H102O5/c1-4-7-10-13-16-19-22-25-28-29-31-32-35-38-41-44-47-50-56(58)61-54-55(53-60-52-49-46-43-40-37-34-27-24-21-18-15-12-9-6-3)62-57(59)51-48-45-42-39-36-33-30-26-23-20-17-14-11-8-5-2/h7,10,16,19,21,24-25,28,31-32,55H,4-6,8-9,11-15,17-18,20,22-23,26-27,29-30,33-54H2,1-3H3/b10-7-,19-16-,24-21-,28-25-,32-31-. The average molecular weight is 867 g/mol.